The van der Waals surface area contributed by atoms with Crippen LogP contribution in [0.5, 0.6) is 0 Å². The topological polar surface area (TPSA) is 143 Å². The number of carbonyl (C=O) groups is 2. The summed E-state index contributed by atoms with van der Waals surface area (Å²) in [4.78, 5) is 28.6. The molecule has 0 aliphatic heterocycles. The first kappa shape index (κ1) is 36.4. The van der Waals surface area contributed by atoms with E-state index in [0.29, 0.717) is 72.2 Å². The van der Waals surface area contributed by atoms with Crippen LogP contribution in [-0.4, -0.2) is 100 Å². The van der Waals surface area contributed by atoms with Crippen LogP contribution in [0.4, 0.5) is 4.79 Å². The summed E-state index contributed by atoms with van der Waals surface area (Å²) in [6.07, 6.45) is -0.140. The molecule has 13 heteroatoms. The fourth-order valence-corrected chi connectivity index (χ4v) is 6.09. The number of ether oxygens (including phenoxy) is 4. The van der Waals surface area contributed by atoms with Gasteiger partial charge in [0.2, 0.25) is 5.91 Å². The van der Waals surface area contributed by atoms with Gasteiger partial charge in [0.1, 0.15) is 6.61 Å². The molecule has 0 saturated heterocycles. The molecule has 5 rings (SSSR count). The third kappa shape index (κ3) is 9.62. The van der Waals surface area contributed by atoms with E-state index in [9.17, 15) is 9.59 Å². The van der Waals surface area contributed by atoms with E-state index >= 15 is 0 Å². The Kier molecular flexibility index (Phi) is 13.6. The minimum absolute atomic E-state index is 0.0151. The molecule has 0 unspecified atom stereocenters. The van der Waals surface area contributed by atoms with Gasteiger partial charge in [0.25, 0.3) is 0 Å². The number of hydrogen-bond acceptors (Lipinski definition) is 8. The Morgan fingerprint density at radius 2 is 1.48 bits per heavy atom. The smallest absolute Gasteiger partial charge is 0.424 e. The van der Waals surface area contributed by atoms with Gasteiger partial charge >= 0.3 is 6.09 Å². The number of fused-ring (bicyclic) bond motifs is 4. The fourth-order valence-electron chi connectivity index (χ4n) is 6.09. The quantitative estimate of drug-likeness (QED) is 0.0412. The lowest BCUT2D eigenvalue weighted by molar-refractivity contribution is -0.121. The molecule has 0 fully saturated rings. The summed E-state index contributed by atoms with van der Waals surface area (Å²) in [6.45, 7) is 4.28. The molecule has 1 aromatic heterocycles. The number of nitrogens with one attached hydrogen (secondary N) is 1. The maximum atomic E-state index is 13.3. The summed E-state index contributed by atoms with van der Waals surface area (Å²) in [5, 5.41) is 10.7. The van der Waals surface area contributed by atoms with Crippen LogP contribution in [0.3, 0.4) is 0 Å². The maximum absolute atomic E-state index is 13.3. The van der Waals surface area contributed by atoms with Crippen LogP contribution in [0.15, 0.2) is 84.0 Å². The largest absolute Gasteiger partial charge is 0.447 e. The third-order valence-electron chi connectivity index (χ3n) is 8.67. The molecule has 0 spiro atoms. The lowest BCUT2D eigenvalue weighted by atomic mass is 9.98. The van der Waals surface area contributed by atoms with Crippen LogP contribution >= 0.6 is 0 Å². The number of para-hydroxylation sites is 1. The highest BCUT2D eigenvalue weighted by atomic mass is 16.6. The van der Waals surface area contributed by atoms with Crippen molar-refractivity contribution in [1.29, 1.82) is 0 Å². The zero-order valence-corrected chi connectivity index (χ0v) is 28.7. The van der Waals surface area contributed by atoms with E-state index in [1.807, 2.05) is 60.6 Å². The molecule has 1 heterocycles. The molecule has 4 aromatic rings. The Balaban J connectivity index is 1.06. The standard InChI is InChI=1S/C37H45N7O6/c1-42(43(2)37(46)50-27-34-32-12-6-4-10-30(32)31-11-5-7-13-33(31)34)26-29-25-28-9-3-8-14-35(28)44(29)18-15-36(45)39-16-19-47-21-23-49-24-22-48-20-17-40-41-38/h3-14,25,34H,15-24,26-27H2,1-2H3,(H,39,45). The first-order valence-corrected chi connectivity index (χ1v) is 16.9. The number of amides is 2. The van der Waals surface area contributed by atoms with E-state index in [1.165, 1.54) is 27.3 Å². The third-order valence-corrected chi connectivity index (χ3v) is 8.67. The molecule has 0 atom stereocenters. The monoisotopic (exact) mass is 683 g/mol. The summed E-state index contributed by atoms with van der Waals surface area (Å²) in [6, 6.07) is 26.7. The summed E-state index contributed by atoms with van der Waals surface area (Å²) in [5.41, 5.74) is 14.9. The van der Waals surface area contributed by atoms with E-state index in [2.05, 4.69) is 50.2 Å². The molecule has 0 saturated carbocycles. The first-order chi connectivity index (χ1) is 24.5. The highest BCUT2D eigenvalue weighted by Crippen LogP contribution is 2.44. The van der Waals surface area contributed by atoms with Gasteiger partial charge in [-0.3, -0.25) is 4.79 Å². The lowest BCUT2D eigenvalue weighted by Gasteiger charge is -2.28. The van der Waals surface area contributed by atoms with Gasteiger partial charge < -0.3 is 28.8 Å². The van der Waals surface area contributed by atoms with E-state index in [1.54, 1.807) is 7.05 Å². The number of aryl methyl sites for hydroxylation is 1. The van der Waals surface area contributed by atoms with Crippen molar-refractivity contribution in [2.24, 2.45) is 5.11 Å². The van der Waals surface area contributed by atoms with Gasteiger partial charge in [0.15, 0.2) is 0 Å². The Labute approximate surface area is 292 Å². The number of azide groups is 1. The van der Waals surface area contributed by atoms with Crippen molar-refractivity contribution in [2.75, 3.05) is 73.4 Å². The first-order valence-electron chi connectivity index (χ1n) is 16.9. The van der Waals surface area contributed by atoms with Crippen molar-refractivity contribution in [3.05, 3.63) is 106 Å². The molecular weight excluding hydrogens is 638 g/mol. The number of nitrogens with zero attached hydrogens (tertiary/aromatic N) is 6. The highest BCUT2D eigenvalue weighted by Gasteiger charge is 2.30. The predicted molar refractivity (Wildman–Crippen MR) is 190 cm³/mol. The Bertz CT molecular complexity index is 1730. The van der Waals surface area contributed by atoms with E-state index < -0.39 is 6.09 Å². The predicted octanol–water partition coefficient (Wildman–Crippen LogP) is 5.74. The lowest BCUT2D eigenvalue weighted by Crippen LogP contribution is -2.41. The number of carbonyl (C=O) groups excluding carboxylic acids is 2. The zero-order chi connectivity index (χ0) is 35.1. The van der Waals surface area contributed by atoms with Crippen molar-refractivity contribution >= 4 is 22.9 Å². The van der Waals surface area contributed by atoms with Crippen molar-refractivity contribution in [1.82, 2.24) is 19.9 Å². The van der Waals surface area contributed by atoms with Gasteiger partial charge in [-0.25, -0.2) is 14.8 Å². The van der Waals surface area contributed by atoms with Crippen LogP contribution in [-0.2, 0) is 36.8 Å². The number of benzene rings is 3. The van der Waals surface area contributed by atoms with Gasteiger partial charge in [0.05, 0.1) is 46.2 Å². The van der Waals surface area contributed by atoms with Crippen LogP contribution < -0.4 is 5.32 Å². The van der Waals surface area contributed by atoms with Crippen LogP contribution in [0, 0.1) is 0 Å². The summed E-state index contributed by atoms with van der Waals surface area (Å²) < 4.78 is 24.3. The van der Waals surface area contributed by atoms with Crippen molar-refractivity contribution in [3.63, 3.8) is 0 Å². The fraction of sp³-hybridized carbons (Fsp3) is 0.405. The molecule has 0 radical (unpaired) electrons. The summed E-state index contributed by atoms with van der Waals surface area (Å²) in [5.74, 6) is -0.0887. The molecule has 0 bridgehead atoms. The zero-order valence-electron chi connectivity index (χ0n) is 28.7. The molecule has 1 aliphatic carbocycles. The maximum Gasteiger partial charge on any atom is 0.424 e. The summed E-state index contributed by atoms with van der Waals surface area (Å²) in [7, 11) is 3.56. The van der Waals surface area contributed by atoms with Crippen LogP contribution in [0.25, 0.3) is 32.5 Å². The summed E-state index contributed by atoms with van der Waals surface area (Å²) >= 11 is 0. The molecule has 50 heavy (non-hydrogen) atoms. The average molecular weight is 684 g/mol. The van der Waals surface area contributed by atoms with Crippen molar-refractivity contribution in [3.8, 4) is 11.1 Å². The SMILES string of the molecule is CN(Cc1cc2ccccc2n1CCC(=O)NCCOCCOCCOCCN=[N+]=[N-])N(C)C(=O)OCC1c2ccccc2-c2ccccc21. The van der Waals surface area contributed by atoms with Gasteiger partial charge in [-0.2, -0.15) is 0 Å². The molecule has 2 amide bonds. The Hall–Kier alpha value is -4.91. The minimum Gasteiger partial charge on any atom is -0.447 e. The Morgan fingerprint density at radius 3 is 2.18 bits per heavy atom. The van der Waals surface area contributed by atoms with Crippen LogP contribution in [0.1, 0.15) is 29.2 Å². The normalized spacial score (nSPS) is 12.1. The highest BCUT2D eigenvalue weighted by molar-refractivity contribution is 5.82. The van der Waals surface area contributed by atoms with Gasteiger partial charge in [-0.15, -0.1) is 0 Å². The van der Waals surface area contributed by atoms with Gasteiger partial charge in [-0.1, -0.05) is 71.8 Å². The number of rotatable bonds is 20. The van der Waals surface area contributed by atoms with Crippen molar-refractivity contribution in [2.45, 2.75) is 25.4 Å². The number of aromatic nitrogens is 1. The van der Waals surface area contributed by atoms with E-state index in [-0.39, 0.29) is 18.4 Å². The van der Waals surface area contributed by atoms with Crippen molar-refractivity contribution < 1.29 is 28.5 Å². The Morgan fingerprint density at radius 1 is 0.860 bits per heavy atom. The average Bonchev–Trinajstić information content (AvgIpc) is 3.65. The number of hydrogen-bond donors (Lipinski definition) is 1. The van der Waals surface area contributed by atoms with Gasteiger partial charge in [-0.05, 0) is 45.3 Å². The molecule has 13 nitrogen and oxygen atoms in total. The molecule has 1 aliphatic rings. The molecule has 1 N–H and O–H groups in total. The number of hydrazine groups is 1. The molecule has 3 aromatic carbocycles. The minimum atomic E-state index is -0.432. The van der Waals surface area contributed by atoms with E-state index in [0.717, 1.165) is 16.6 Å². The van der Waals surface area contributed by atoms with Gasteiger partial charge in [0, 0.05) is 62.2 Å². The second-order valence-corrected chi connectivity index (χ2v) is 11.9. The van der Waals surface area contributed by atoms with Crippen LogP contribution in [0.2, 0.25) is 0 Å². The molecular formula is C37H45N7O6. The molecule has 264 valence electrons. The second-order valence-electron chi connectivity index (χ2n) is 11.9. The van der Waals surface area contributed by atoms with E-state index in [4.69, 9.17) is 24.5 Å². The second kappa shape index (κ2) is 18.7.